The summed E-state index contributed by atoms with van der Waals surface area (Å²) in [5.41, 5.74) is 6.20. The molecular weight excluding hydrogens is 354 g/mol. The van der Waals surface area contributed by atoms with Gasteiger partial charge in [-0.25, -0.2) is 9.97 Å². The molecule has 4 aromatic heterocycles. The number of aromatic nitrogens is 4. The number of hydrogen-bond donors (Lipinski definition) is 2. The Balaban J connectivity index is 1.72. The Morgan fingerprint density at radius 3 is 2.86 bits per heavy atom. The Bertz CT molecular complexity index is 1160. The van der Waals surface area contributed by atoms with Crippen LogP contribution in [-0.2, 0) is 11.2 Å². The van der Waals surface area contributed by atoms with Crippen molar-refractivity contribution in [3.8, 4) is 0 Å². The van der Waals surface area contributed by atoms with Crippen molar-refractivity contribution in [3.05, 3.63) is 65.4 Å². The first kappa shape index (κ1) is 18.0. The Morgan fingerprint density at radius 2 is 2.04 bits per heavy atom. The fourth-order valence-corrected chi connectivity index (χ4v) is 3.53. The number of fused-ring (bicyclic) bond motifs is 2. The van der Waals surface area contributed by atoms with E-state index in [-0.39, 0.29) is 6.42 Å². The quantitative estimate of drug-likeness (QED) is 0.482. The van der Waals surface area contributed by atoms with E-state index < -0.39 is 5.97 Å². The number of pyridine rings is 2. The second-order valence-electron chi connectivity index (χ2n) is 7.05. The summed E-state index contributed by atoms with van der Waals surface area (Å²) < 4.78 is 4.26. The first-order chi connectivity index (χ1) is 13.5. The van der Waals surface area contributed by atoms with E-state index in [0.717, 1.165) is 39.8 Å². The van der Waals surface area contributed by atoms with Gasteiger partial charge in [0.2, 0.25) is 0 Å². The summed E-state index contributed by atoms with van der Waals surface area (Å²) in [5.74, 6) is 0.00776. The second-order valence-corrected chi connectivity index (χ2v) is 7.05. The van der Waals surface area contributed by atoms with Crippen LogP contribution in [0.3, 0.4) is 0 Å². The number of rotatable bonds is 7. The van der Waals surface area contributed by atoms with Crippen LogP contribution in [0.1, 0.15) is 35.5 Å². The van der Waals surface area contributed by atoms with Crippen molar-refractivity contribution in [3.63, 3.8) is 0 Å². The smallest absolute Gasteiger partial charge is 0.303 e. The molecule has 7 nitrogen and oxygen atoms in total. The van der Waals surface area contributed by atoms with E-state index in [2.05, 4.69) is 45.2 Å². The van der Waals surface area contributed by atoms with E-state index in [0.29, 0.717) is 19.4 Å². The number of hydrogen-bond acceptors (Lipinski definition) is 4. The topological polar surface area (TPSA) is 83.9 Å². The van der Waals surface area contributed by atoms with Gasteiger partial charge in [-0.3, -0.25) is 4.79 Å². The lowest BCUT2D eigenvalue weighted by atomic mass is 10.2. The van der Waals surface area contributed by atoms with Gasteiger partial charge >= 0.3 is 5.97 Å². The first-order valence-electron chi connectivity index (χ1n) is 9.38. The highest BCUT2D eigenvalue weighted by atomic mass is 16.4. The van der Waals surface area contributed by atoms with Gasteiger partial charge < -0.3 is 19.2 Å². The molecule has 0 fully saturated rings. The molecule has 0 unspecified atom stereocenters. The van der Waals surface area contributed by atoms with Gasteiger partial charge in [0.05, 0.1) is 5.69 Å². The zero-order valence-electron chi connectivity index (χ0n) is 16.0. The van der Waals surface area contributed by atoms with E-state index in [4.69, 9.17) is 10.1 Å². The van der Waals surface area contributed by atoms with E-state index in [1.165, 1.54) is 0 Å². The van der Waals surface area contributed by atoms with Gasteiger partial charge in [-0.2, -0.15) is 0 Å². The summed E-state index contributed by atoms with van der Waals surface area (Å²) >= 11 is 0. The molecule has 144 valence electrons. The van der Waals surface area contributed by atoms with Gasteiger partial charge in [0.15, 0.2) is 0 Å². The van der Waals surface area contributed by atoms with Crippen molar-refractivity contribution in [1.29, 1.82) is 0 Å². The average Bonchev–Trinajstić information content (AvgIpc) is 3.22. The van der Waals surface area contributed by atoms with Crippen molar-refractivity contribution in [2.45, 2.75) is 33.1 Å². The number of carboxylic acid groups (broad SMARTS) is 1. The van der Waals surface area contributed by atoms with Crippen LogP contribution in [0.5, 0.6) is 0 Å². The summed E-state index contributed by atoms with van der Waals surface area (Å²) in [6.07, 6.45) is 5.34. The molecule has 0 amide bonds. The Morgan fingerprint density at radius 1 is 1.18 bits per heavy atom. The number of imidazole rings is 2. The number of aryl methyl sites for hydroxylation is 2. The van der Waals surface area contributed by atoms with E-state index in [1.54, 1.807) is 0 Å². The summed E-state index contributed by atoms with van der Waals surface area (Å²) in [7, 11) is 0. The lowest BCUT2D eigenvalue weighted by Gasteiger charge is -2.09. The first-order valence-corrected chi connectivity index (χ1v) is 9.38. The van der Waals surface area contributed by atoms with Crippen molar-refractivity contribution >= 4 is 23.1 Å². The Hall–Kier alpha value is -3.35. The number of anilines is 1. The van der Waals surface area contributed by atoms with E-state index in [9.17, 15) is 4.79 Å². The molecule has 0 aliphatic carbocycles. The van der Waals surface area contributed by atoms with Crippen LogP contribution < -0.4 is 5.32 Å². The molecule has 4 rings (SSSR count). The summed E-state index contributed by atoms with van der Waals surface area (Å²) in [6, 6.07) is 10.1. The molecule has 0 atom stereocenters. The molecule has 0 bridgehead atoms. The average molecular weight is 377 g/mol. The van der Waals surface area contributed by atoms with Gasteiger partial charge in [-0.15, -0.1) is 0 Å². The van der Waals surface area contributed by atoms with Crippen molar-refractivity contribution < 1.29 is 9.90 Å². The van der Waals surface area contributed by atoms with Crippen LogP contribution >= 0.6 is 0 Å². The van der Waals surface area contributed by atoms with Gasteiger partial charge in [-0.1, -0.05) is 12.1 Å². The molecule has 0 spiro atoms. The van der Waals surface area contributed by atoms with Crippen molar-refractivity contribution in [2.24, 2.45) is 0 Å². The van der Waals surface area contributed by atoms with Gasteiger partial charge in [0, 0.05) is 43.2 Å². The molecule has 4 aromatic rings. The highest BCUT2D eigenvalue weighted by Gasteiger charge is 2.15. The summed E-state index contributed by atoms with van der Waals surface area (Å²) in [6.45, 7) is 4.69. The highest BCUT2D eigenvalue weighted by molar-refractivity contribution is 5.66. The lowest BCUT2D eigenvalue weighted by Crippen LogP contribution is -2.08. The molecule has 0 aromatic carbocycles. The minimum absolute atomic E-state index is 0.140. The molecular formula is C21H23N5O2. The standard InChI is InChI=1S/C21H23N5O2/c1-14-8-9-19-24-21(22-10-4-7-20(27)28)17(25(19)13-14)11-16-12-23-18-6-3-5-15(2)26(16)18/h3,5-6,8-9,12-13,22H,4,7,10-11H2,1-2H3,(H,27,28). The number of carbonyl (C=O) groups is 1. The van der Waals surface area contributed by atoms with Gasteiger partial charge in [0.1, 0.15) is 17.1 Å². The van der Waals surface area contributed by atoms with Crippen LogP contribution in [-0.4, -0.2) is 36.4 Å². The normalized spacial score (nSPS) is 11.4. The lowest BCUT2D eigenvalue weighted by molar-refractivity contribution is -0.137. The SMILES string of the molecule is Cc1ccc2nc(NCCCC(=O)O)c(Cc3cnc4cccc(C)n34)n2c1. The minimum Gasteiger partial charge on any atom is -0.481 e. The third-order valence-electron chi connectivity index (χ3n) is 4.87. The van der Waals surface area contributed by atoms with Gasteiger partial charge in [0.25, 0.3) is 0 Å². The van der Waals surface area contributed by atoms with Crippen LogP contribution in [0, 0.1) is 13.8 Å². The highest BCUT2D eigenvalue weighted by Crippen LogP contribution is 2.23. The van der Waals surface area contributed by atoms with Crippen molar-refractivity contribution in [1.82, 2.24) is 18.8 Å². The fraction of sp³-hybridized carbons (Fsp3) is 0.286. The molecule has 4 heterocycles. The number of nitrogens with zero attached hydrogens (tertiary/aromatic N) is 4. The van der Waals surface area contributed by atoms with Crippen LogP contribution in [0.2, 0.25) is 0 Å². The molecule has 0 radical (unpaired) electrons. The maximum atomic E-state index is 10.8. The van der Waals surface area contributed by atoms with E-state index in [1.807, 2.05) is 30.5 Å². The zero-order chi connectivity index (χ0) is 19.7. The number of carboxylic acids is 1. The summed E-state index contributed by atoms with van der Waals surface area (Å²) in [4.78, 5) is 20.0. The third-order valence-corrected chi connectivity index (χ3v) is 4.87. The minimum atomic E-state index is -0.783. The zero-order valence-corrected chi connectivity index (χ0v) is 16.0. The van der Waals surface area contributed by atoms with Crippen LogP contribution in [0.15, 0.2) is 42.7 Å². The molecule has 2 N–H and O–H groups in total. The molecule has 0 saturated heterocycles. The Labute approximate surface area is 162 Å². The molecule has 28 heavy (non-hydrogen) atoms. The largest absolute Gasteiger partial charge is 0.481 e. The van der Waals surface area contributed by atoms with Gasteiger partial charge in [-0.05, 0) is 44.0 Å². The second kappa shape index (κ2) is 7.34. The number of nitrogens with one attached hydrogen (secondary N) is 1. The predicted molar refractivity (Wildman–Crippen MR) is 108 cm³/mol. The number of aliphatic carboxylic acids is 1. The van der Waals surface area contributed by atoms with Crippen LogP contribution in [0.4, 0.5) is 5.82 Å². The molecule has 0 saturated carbocycles. The van der Waals surface area contributed by atoms with Crippen molar-refractivity contribution in [2.75, 3.05) is 11.9 Å². The molecule has 0 aliphatic heterocycles. The molecule has 0 aliphatic rings. The summed E-state index contributed by atoms with van der Waals surface area (Å²) in [5, 5.41) is 12.2. The maximum Gasteiger partial charge on any atom is 0.303 e. The monoisotopic (exact) mass is 377 g/mol. The van der Waals surface area contributed by atoms with E-state index >= 15 is 0 Å². The third kappa shape index (κ3) is 3.43. The molecule has 7 heteroatoms. The fourth-order valence-electron chi connectivity index (χ4n) is 3.53. The van der Waals surface area contributed by atoms with Crippen LogP contribution in [0.25, 0.3) is 11.3 Å². The predicted octanol–water partition coefficient (Wildman–Crippen LogP) is 3.47. The maximum absolute atomic E-state index is 10.8. The Kier molecular flexibility index (Phi) is 4.73.